The molecule has 0 bridgehead atoms. The van der Waals surface area contributed by atoms with Crippen LogP contribution in [0.1, 0.15) is 12.5 Å². The van der Waals surface area contributed by atoms with Crippen molar-refractivity contribution < 1.29 is 9.21 Å². The van der Waals surface area contributed by atoms with E-state index in [1.165, 1.54) is 0 Å². The molecule has 18 heavy (non-hydrogen) atoms. The molecular formula is C14H18N2O2. The number of hydrogen-bond donors (Lipinski definition) is 1. The molecule has 0 spiro atoms. The second-order valence-corrected chi connectivity index (χ2v) is 4.59. The standard InChI is InChI=1S/C14H18N2O2/c1-10(7-15)14(17)16(2)8-11-9-18-13-6-4-3-5-12(11)13/h3-6,9-10H,7-8,15H2,1-2H3. The van der Waals surface area contributed by atoms with Crippen molar-refractivity contribution in [1.82, 2.24) is 4.90 Å². The maximum absolute atomic E-state index is 12.0. The first-order valence-corrected chi connectivity index (χ1v) is 6.03. The van der Waals surface area contributed by atoms with E-state index in [9.17, 15) is 4.79 Å². The van der Waals surface area contributed by atoms with Gasteiger partial charge in [0.15, 0.2) is 0 Å². The third-order valence-electron chi connectivity index (χ3n) is 3.12. The number of nitrogens with zero attached hydrogens (tertiary/aromatic N) is 1. The fourth-order valence-electron chi connectivity index (χ4n) is 1.97. The first-order valence-electron chi connectivity index (χ1n) is 6.03. The molecule has 1 aromatic heterocycles. The Labute approximate surface area is 106 Å². The van der Waals surface area contributed by atoms with Crippen LogP contribution in [0.3, 0.4) is 0 Å². The lowest BCUT2D eigenvalue weighted by atomic mass is 10.1. The predicted molar refractivity (Wildman–Crippen MR) is 70.9 cm³/mol. The molecule has 1 unspecified atom stereocenters. The Morgan fingerprint density at radius 2 is 2.17 bits per heavy atom. The van der Waals surface area contributed by atoms with Crippen LogP contribution in [-0.2, 0) is 11.3 Å². The van der Waals surface area contributed by atoms with Gasteiger partial charge in [-0.25, -0.2) is 0 Å². The maximum Gasteiger partial charge on any atom is 0.226 e. The SMILES string of the molecule is CC(CN)C(=O)N(C)Cc1coc2ccccc12. The maximum atomic E-state index is 12.0. The highest BCUT2D eigenvalue weighted by Crippen LogP contribution is 2.22. The fourth-order valence-corrected chi connectivity index (χ4v) is 1.97. The summed E-state index contributed by atoms with van der Waals surface area (Å²) in [4.78, 5) is 13.6. The van der Waals surface area contributed by atoms with E-state index in [2.05, 4.69) is 0 Å². The smallest absolute Gasteiger partial charge is 0.226 e. The van der Waals surface area contributed by atoms with Crippen molar-refractivity contribution >= 4 is 16.9 Å². The van der Waals surface area contributed by atoms with Crippen LogP contribution in [-0.4, -0.2) is 24.4 Å². The van der Waals surface area contributed by atoms with Crippen molar-refractivity contribution in [2.24, 2.45) is 11.7 Å². The summed E-state index contributed by atoms with van der Waals surface area (Å²) in [5.74, 6) is -0.0871. The lowest BCUT2D eigenvalue weighted by molar-refractivity contribution is -0.133. The molecule has 1 atom stereocenters. The van der Waals surface area contributed by atoms with Gasteiger partial charge in [-0.15, -0.1) is 0 Å². The minimum atomic E-state index is -0.145. The Hall–Kier alpha value is -1.81. The summed E-state index contributed by atoms with van der Waals surface area (Å²) in [6.07, 6.45) is 1.71. The number of rotatable bonds is 4. The first kappa shape index (κ1) is 12.6. The van der Waals surface area contributed by atoms with Crippen molar-refractivity contribution in [2.45, 2.75) is 13.5 Å². The van der Waals surface area contributed by atoms with E-state index in [-0.39, 0.29) is 11.8 Å². The van der Waals surface area contributed by atoms with E-state index in [4.69, 9.17) is 10.2 Å². The molecule has 2 aromatic rings. The molecule has 0 aliphatic carbocycles. The Kier molecular flexibility index (Phi) is 3.67. The molecule has 4 heteroatoms. The van der Waals surface area contributed by atoms with Gasteiger partial charge in [0.2, 0.25) is 5.91 Å². The highest BCUT2D eigenvalue weighted by Gasteiger charge is 2.17. The van der Waals surface area contributed by atoms with Gasteiger partial charge in [-0.2, -0.15) is 0 Å². The van der Waals surface area contributed by atoms with Gasteiger partial charge in [-0.3, -0.25) is 4.79 Å². The van der Waals surface area contributed by atoms with Crippen LogP contribution >= 0.6 is 0 Å². The zero-order valence-electron chi connectivity index (χ0n) is 10.7. The average Bonchev–Trinajstić information content (AvgIpc) is 2.80. The molecule has 4 nitrogen and oxygen atoms in total. The number of para-hydroxylation sites is 1. The summed E-state index contributed by atoms with van der Waals surface area (Å²) in [6, 6.07) is 7.81. The average molecular weight is 246 g/mol. The third-order valence-corrected chi connectivity index (χ3v) is 3.12. The summed E-state index contributed by atoms with van der Waals surface area (Å²) in [6.45, 7) is 2.75. The Morgan fingerprint density at radius 3 is 2.89 bits per heavy atom. The van der Waals surface area contributed by atoms with Crippen molar-refractivity contribution in [3.8, 4) is 0 Å². The lowest BCUT2D eigenvalue weighted by Gasteiger charge is -2.20. The lowest BCUT2D eigenvalue weighted by Crippen LogP contribution is -2.34. The number of fused-ring (bicyclic) bond motifs is 1. The van der Waals surface area contributed by atoms with Crippen LogP contribution in [0, 0.1) is 5.92 Å². The van der Waals surface area contributed by atoms with Crippen LogP contribution in [0.15, 0.2) is 34.9 Å². The monoisotopic (exact) mass is 246 g/mol. The van der Waals surface area contributed by atoms with Gasteiger partial charge < -0.3 is 15.1 Å². The molecule has 2 N–H and O–H groups in total. The van der Waals surface area contributed by atoms with Gasteiger partial charge in [0.05, 0.1) is 6.26 Å². The molecule has 0 saturated heterocycles. The number of hydrogen-bond acceptors (Lipinski definition) is 3. The van der Waals surface area contributed by atoms with Gasteiger partial charge in [-0.05, 0) is 6.07 Å². The predicted octanol–water partition coefficient (Wildman–Crippen LogP) is 1.99. The van der Waals surface area contributed by atoms with E-state index in [1.807, 2.05) is 31.2 Å². The summed E-state index contributed by atoms with van der Waals surface area (Å²) < 4.78 is 5.45. The molecular weight excluding hydrogens is 228 g/mol. The highest BCUT2D eigenvalue weighted by molar-refractivity contribution is 5.82. The fraction of sp³-hybridized carbons (Fsp3) is 0.357. The van der Waals surface area contributed by atoms with E-state index >= 15 is 0 Å². The van der Waals surface area contributed by atoms with Gasteiger partial charge in [0, 0.05) is 37.0 Å². The van der Waals surface area contributed by atoms with Gasteiger partial charge in [0.25, 0.3) is 0 Å². The molecule has 1 heterocycles. The molecule has 2 rings (SSSR count). The van der Waals surface area contributed by atoms with Gasteiger partial charge in [0.1, 0.15) is 5.58 Å². The first-order chi connectivity index (χ1) is 8.63. The number of benzene rings is 1. The van der Waals surface area contributed by atoms with Crippen molar-refractivity contribution in [1.29, 1.82) is 0 Å². The van der Waals surface area contributed by atoms with Crippen molar-refractivity contribution in [2.75, 3.05) is 13.6 Å². The molecule has 0 saturated carbocycles. The number of carbonyl (C=O) groups is 1. The zero-order valence-corrected chi connectivity index (χ0v) is 10.7. The molecule has 0 fully saturated rings. The van der Waals surface area contributed by atoms with Crippen molar-refractivity contribution in [3.05, 3.63) is 36.1 Å². The van der Waals surface area contributed by atoms with Crippen LogP contribution in [0.4, 0.5) is 0 Å². The summed E-state index contributed by atoms with van der Waals surface area (Å²) in [7, 11) is 1.79. The largest absolute Gasteiger partial charge is 0.464 e. The van der Waals surface area contributed by atoms with E-state index in [1.54, 1.807) is 18.2 Å². The Bertz CT molecular complexity index is 547. The quantitative estimate of drug-likeness (QED) is 0.897. The van der Waals surface area contributed by atoms with E-state index < -0.39 is 0 Å². The minimum Gasteiger partial charge on any atom is -0.464 e. The number of amides is 1. The topological polar surface area (TPSA) is 59.5 Å². The Morgan fingerprint density at radius 1 is 1.44 bits per heavy atom. The van der Waals surface area contributed by atoms with Crippen LogP contribution < -0.4 is 5.73 Å². The normalized spacial score (nSPS) is 12.6. The minimum absolute atomic E-state index is 0.0581. The summed E-state index contributed by atoms with van der Waals surface area (Å²) >= 11 is 0. The second-order valence-electron chi connectivity index (χ2n) is 4.59. The van der Waals surface area contributed by atoms with E-state index in [0.29, 0.717) is 13.1 Å². The van der Waals surface area contributed by atoms with Gasteiger partial charge >= 0.3 is 0 Å². The number of carbonyl (C=O) groups excluding carboxylic acids is 1. The second kappa shape index (κ2) is 5.23. The molecule has 1 aromatic carbocycles. The summed E-state index contributed by atoms with van der Waals surface area (Å²) in [5, 5.41) is 1.05. The number of nitrogens with two attached hydrogens (primary N) is 1. The Balaban J connectivity index is 2.16. The molecule has 0 aliphatic rings. The summed E-state index contributed by atoms with van der Waals surface area (Å²) in [5.41, 5.74) is 7.38. The van der Waals surface area contributed by atoms with Crippen LogP contribution in [0.5, 0.6) is 0 Å². The third kappa shape index (κ3) is 2.38. The molecule has 0 aliphatic heterocycles. The van der Waals surface area contributed by atoms with Crippen LogP contribution in [0.25, 0.3) is 11.0 Å². The van der Waals surface area contributed by atoms with E-state index in [0.717, 1.165) is 16.5 Å². The van der Waals surface area contributed by atoms with Gasteiger partial charge in [-0.1, -0.05) is 25.1 Å². The number of furan rings is 1. The molecule has 0 radical (unpaired) electrons. The highest BCUT2D eigenvalue weighted by atomic mass is 16.3. The molecule has 96 valence electrons. The molecule has 1 amide bonds. The zero-order chi connectivity index (χ0) is 13.1. The van der Waals surface area contributed by atoms with Crippen LogP contribution in [0.2, 0.25) is 0 Å². The van der Waals surface area contributed by atoms with Crippen molar-refractivity contribution in [3.63, 3.8) is 0 Å².